The molecule has 1 fully saturated rings. The van der Waals surface area contributed by atoms with Gasteiger partial charge in [-0.1, -0.05) is 48.0 Å². The zero-order valence-corrected chi connectivity index (χ0v) is 20.0. The highest BCUT2D eigenvalue weighted by Gasteiger charge is 2.39. The van der Waals surface area contributed by atoms with Crippen LogP contribution in [0.1, 0.15) is 28.3 Å². The molecule has 1 atom stereocenters. The lowest BCUT2D eigenvalue weighted by molar-refractivity contribution is 0.182. The van der Waals surface area contributed by atoms with Crippen molar-refractivity contribution in [2.45, 2.75) is 25.1 Å². The summed E-state index contributed by atoms with van der Waals surface area (Å²) >= 11 is 0. The molecule has 2 heterocycles. The Balaban J connectivity index is 1.52. The van der Waals surface area contributed by atoms with E-state index in [1.54, 1.807) is 30.3 Å². The van der Waals surface area contributed by atoms with Crippen molar-refractivity contribution in [3.63, 3.8) is 0 Å². The molecule has 2 aromatic carbocycles. The maximum Gasteiger partial charge on any atom is 0.335 e. The summed E-state index contributed by atoms with van der Waals surface area (Å²) < 4.78 is 30.8. The molecule has 3 aromatic rings. The molecule has 0 spiro atoms. The highest BCUT2D eigenvalue weighted by Crippen LogP contribution is 2.29. The van der Waals surface area contributed by atoms with Gasteiger partial charge in [0.1, 0.15) is 5.75 Å². The molecule has 1 unspecified atom stereocenters. The van der Waals surface area contributed by atoms with Crippen LogP contribution in [0.2, 0.25) is 0 Å². The zero-order chi connectivity index (χ0) is 24.1. The third kappa shape index (κ3) is 5.73. The lowest BCUT2D eigenvalue weighted by Crippen LogP contribution is -2.45. The van der Waals surface area contributed by atoms with Crippen LogP contribution in [0.25, 0.3) is 0 Å². The molecule has 34 heavy (non-hydrogen) atoms. The van der Waals surface area contributed by atoms with Crippen molar-refractivity contribution in [1.82, 2.24) is 19.7 Å². The predicted molar refractivity (Wildman–Crippen MR) is 129 cm³/mol. The Hall–Kier alpha value is -3.43. The highest BCUT2D eigenvalue weighted by atomic mass is 32.2. The predicted octanol–water partition coefficient (Wildman–Crippen LogP) is 3.45. The lowest BCUT2D eigenvalue weighted by atomic mass is 10.0. The number of benzene rings is 2. The topological polar surface area (TPSA) is 91.8 Å². The number of ether oxygens (including phenoxy) is 1. The Kier molecular flexibility index (Phi) is 7.14. The smallest absolute Gasteiger partial charge is 0.335 e. The number of hydrazine groups is 1. The number of urea groups is 1. The van der Waals surface area contributed by atoms with Gasteiger partial charge in [0.25, 0.3) is 0 Å². The van der Waals surface area contributed by atoms with E-state index in [1.807, 2.05) is 55.5 Å². The first-order valence-electron chi connectivity index (χ1n) is 11.0. The van der Waals surface area contributed by atoms with Gasteiger partial charge in [0, 0.05) is 18.9 Å². The van der Waals surface area contributed by atoms with E-state index < -0.39 is 10.0 Å². The molecule has 0 saturated carbocycles. The zero-order valence-electron chi connectivity index (χ0n) is 19.2. The second-order valence-electron chi connectivity index (χ2n) is 8.32. The van der Waals surface area contributed by atoms with Crippen LogP contribution in [0.5, 0.6) is 5.75 Å². The first-order chi connectivity index (χ1) is 16.3. The van der Waals surface area contributed by atoms with Gasteiger partial charge in [-0.25, -0.2) is 18.2 Å². The number of carbonyl (C=O) groups excluding carboxylic acids is 1. The average molecular weight is 481 g/mol. The van der Waals surface area contributed by atoms with Crippen LogP contribution in [0.4, 0.5) is 4.79 Å². The fraction of sp³-hybridized carbons (Fsp3) is 0.280. The van der Waals surface area contributed by atoms with Gasteiger partial charge in [-0.05, 0) is 48.2 Å². The van der Waals surface area contributed by atoms with E-state index in [4.69, 9.17) is 4.74 Å². The molecular weight excluding hydrogens is 452 g/mol. The van der Waals surface area contributed by atoms with Gasteiger partial charge in [-0.3, -0.25) is 4.98 Å². The minimum absolute atomic E-state index is 0.219. The largest absolute Gasteiger partial charge is 0.497 e. The summed E-state index contributed by atoms with van der Waals surface area (Å²) in [6.45, 7) is 2.67. The molecule has 0 radical (unpaired) electrons. The molecule has 178 valence electrons. The van der Waals surface area contributed by atoms with E-state index in [1.165, 1.54) is 11.2 Å². The maximum absolute atomic E-state index is 13.3. The minimum Gasteiger partial charge on any atom is -0.497 e. The van der Waals surface area contributed by atoms with Gasteiger partial charge in [-0.15, -0.1) is 4.83 Å². The third-order valence-corrected chi connectivity index (χ3v) is 7.01. The molecule has 2 amide bonds. The Labute approximate surface area is 200 Å². The number of amides is 2. The van der Waals surface area contributed by atoms with Crippen molar-refractivity contribution in [1.29, 1.82) is 0 Å². The molecule has 1 aromatic heterocycles. The van der Waals surface area contributed by atoms with Gasteiger partial charge < -0.3 is 9.64 Å². The number of pyridine rings is 1. The standard InChI is InChI=1S/C25H28N4O4S/c1-19-5-9-22(10-6-19)24-17-29(27-34(31,32)18-21-4-3-14-26-16-21)25(30)28(24)15-13-20-7-11-23(33-2)12-8-20/h3-12,14,16,24,27H,13,15,17-18H2,1-2H3. The summed E-state index contributed by atoms with van der Waals surface area (Å²) in [5.74, 6) is 0.513. The summed E-state index contributed by atoms with van der Waals surface area (Å²) in [4.78, 5) is 21.5. The second kappa shape index (κ2) is 10.2. The average Bonchev–Trinajstić information content (AvgIpc) is 3.13. The molecular formula is C25H28N4O4S. The SMILES string of the molecule is COc1ccc(CCN2C(=O)N(NS(=O)(=O)Cc3cccnc3)CC2c2ccc(C)cc2)cc1. The summed E-state index contributed by atoms with van der Waals surface area (Å²) in [6.07, 6.45) is 3.72. The van der Waals surface area contributed by atoms with Crippen molar-refractivity contribution in [2.75, 3.05) is 20.2 Å². The van der Waals surface area contributed by atoms with E-state index >= 15 is 0 Å². The number of nitrogens with one attached hydrogen (secondary N) is 1. The van der Waals surface area contributed by atoms with Crippen LogP contribution < -0.4 is 9.57 Å². The van der Waals surface area contributed by atoms with Crippen LogP contribution in [-0.4, -0.2) is 49.5 Å². The molecule has 9 heteroatoms. The molecule has 0 aliphatic carbocycles. The quantitative estimate of drug-likeness (QED) is 0.507. The Morgan fingerprint density at radius 3 is 2.44 bits per heavy atom. The number of aryl methyl sites for hydroxylation is 1. The second-order valence-corrected chi connectivity index (χ2v) is 10.0. The van der Waals surface area contributed by atoms with Crippen LogP contribution in [0, 0.1) is 6.92 Å². The minimum atomic E-state index is -3.79. The van der Waals surface area contributed by atoms with Gasteiger partial charge in [0.05, 0.1) is 25.4 Å². The van der Waals surface area contributed by atoms with Crippen molar-refractivity contribution in [3.05, 3.63) is 95.3 Å². The van der Waals surface area contributed by atoms with E-state index in [0.717, 1.165) is 22.4 Å². The summed E-state index contributed by atoms with van der Waals surface area (Å²) in [5, 5.41) is 1.20. The van der Waals surface area contributed by atoms with Crippen LogP contribution in [0.3, 0.4) is 0 Å². The first-order valence-corrected chi connectivity index (χ1v) is 12.7. The summed E-state index contributed by atoms with van der Waals surface area (Å²) in [7, 11) is -2.17. The van der Waals surface area contributed by atoms with Gasteiger partial charge in [-0.2, -0.15) is 0 Å². The Morgan fingerprint density at radius 1 is 1.06 bits per heavy atom. The fourth-order valence-corrected chi connectivity index (χ4v) is 5.15. The number of methoxy groups -OCH3 is 1. The summed E-state index contributed by atoms with van der Waals surface area (Å²) in [6, 6.07) is 18.4. The molecule has 8 nitrogen and oxygen atoms in total. The van der Waals surface area contributed by atoms with Crippen molar-refractivity contribution >= 4 is 16.1 Å². The Morgan fingerprint density at radius 2 is 1.79 bits per heavy atom. The highest BCUT2D eigenvalue weighted by molar-refractivity contribution is 7.88. The maximum atomic E-state index is 13.3. The van der Waals surface area contributed by atoms with Gasteiger partial charge in [0.2, 0.25) is 10.0 Å². The van der Waals surface area contributed by atoms with Crippen LogP contribution >= 0.6 is 0 Å². The van der Waals surface area contributed by atoms with Gasteiger partial charge in [0.15, 0.2) is 0 Å². The van der Waals surface area contributed by atoms with Crippen molar-refractivity contribution in [2.24, 2.45) is 0 Å². The molecule has 0 bridgehead atoms. The number of aromatic nitrogens is 1. The Bertz CT molecular complexity index is 1220. The van der Waals surface area contributed by atoms with Crippen LogP contribution in [0.15, 0.2) is 73.1 Å². The molecule has 1 aliphatic rings. The monoisotopic (exact) mass is 480 g/mol. The third-order valence-electron chi connectivity index (χ3n) is 5.80. The number of carbonyl (C=O) groups is 1. The fourth-order valence-electron chi connectivity index (χ4n) is 3.98. The van der Waals surface area contributed by atoms with E-state index in [0.29, 0.717) is 18.5 Å². The molecule has 4 rings (SSSR count). The van der Waals surface area contributed by atoms with E-state index in [-0.39, 0.29) is 24.4 Å². The number of rotatable bonds is 9. The normalized spacial score (nSPS) is 16.2. The molecule has 1 aliphatic heterocycles. The number of hydrogen-bond acceptors (Lipinski definition) is 5. The summed E-state index contributed by atoms with van der Waals surface area (Å²) in [5.41, 5.74) is 3.69. The molecule has 1 N–H and O–H groups in total. The first kappa shape index (κ1) is 23.7. The van der Waals surface area contributed by atoms with Crippen molar-refractivity contribution < 1.29 is 17.9 Å². The van der Waals surface area contributed by atoms with Gasteiger partial charge >= 0.3 is 6.03 Å². The van der Waals surface area contributed by atoms with Crippen molar-refractivity contribution in [3.8, 4) is 5.75 Å². The van der Waals surface area contributed by atoms with E-state index in [2.05, 4.69) is 9.82 Å². The lowest BCUT2D eigenvalue weighted by Gasteiger charge is -2.23. The molecule has 1 saturated heterocycles. The van der Waals surface area contributed by atoms with E-state index in [9.17, 15) is 13.2 Å². The number of nitrogens with zero attached hydrogens (tertiary/aromatic N) is 3. The number of sulfonamides is 1. The number of hydrogen-bond donors (Lipinski definition) is 1. The van der Waals surface area contributed by atoms with Crippen LogP contribution in [-0.2, 0) is 22.2 Å².